The van der Waals surface area contributed by atoms with E-state index < -0.39 is 15.7 Å². The van der Waals surface area contributed by atoms with Gasteiger partial charge >= 0.3 is 0 Å². The van der Waals surface area contributed by atoms with E-state index in [0.717, 1.165) is 6.07 Å². The first-order chi connectivity index (χ1) is 8.03. The molecule has 0 spiro atoms. The molecule has 0 heterocycles. The highest BCUT2D eigenvalue weighted by Crippen LogP contribution is 2.25. The van der Waals surface area contributed by atoms with Gasteiger partial charge in [0.25, 0.3) is 0 Å². The summed E-state index contributed by atoms with van der Waals surface area (Å²) in [4.78, 5) is 0.129. The van der Waals surface area contributed by atoms with Crippen molar-refractivity contribution in [1.29, 1.82) is 0 Å². The quantitative estimate of drug-likeness (QED) is 0.841. The largest absolute Gasteiger partial charge is 0.224 e. The molecule has 0 saturated carbocycles. The molecule has 0 aliphatic carbocycles. The Morgan fingerprint density at radius 2 is 1.72 bits per heavy atom. The molecule has 2 nitrogen and oxygen atoms in total. The van der Waals surface area contributed by atoms with Crippen LogP contribution in [0.15, 0.2) is 17.0 Å². The number of hydrogen-bond acceptors (Lipinski definition) is 2. The minimum atomic E-state index is -3.41. The van der Waals surface area contributed by atoms with Crippen LogP contribution in [0.2, 0.25) is 0 Å². The molecule has 0 atom stereocenters. The molecule has 102 valence electrons. The molecule has 0 fully saturated rings. The summed E-state index contributed by atoms with van der Waals surface area (Å²) in [5.74, 6) is -0.437. The fourth-order valence-electron chi connectivity index (χ4n) is 1.66. The Hall–Kier alpha value is -0.900. The van der Waals surface area contributed by atoms with Gasteiger partial charge in [-0.15, -0.1) is 0 Å². The third kappa shape index (κ3) is 3.80. The number of hydrogen-bond donors (Lipinski definition) is 0. The number of rotatable bonds is 3. The van der Waals surface area contributed by atoms with Gasteiger partial charge in [0.1, 0.15) is 5.82 Å². The Balaban J connectivity index is 3.13. The van der Waals surface area contributed by atoms with E-state index in [-0.39, 0.29) is 16.1 Å². The Morgan fingerprint density at radius 1 is 1.17 bits per heavy atom. The summed E-state index contributed by atoms with van der Waals surface area (Å²) < 4.78 is 37.8. The van der Waals surface area contributed by atoms with Gasteiger partial charge in [-0.1, -0.05) is 20.8 Å². The summed E-state index contributed by atoms with van der Waals surface area (Å²) >= 11 is 0. The molecule has 0 aliphatic heterocycles. The van der Waals surface area contributed by atoms with E-state index in [9.17, 15) is 12.8 Å². The van der Waals surface area contributed by atoms with Crippen LogP contribution in [-0.2, 0) is 9.84 Å². The van der Waals surface area contributed by atoms with Gasteiger partial charge in [0.05, 0.1) is 10.6 Å². The molecular formula is C14H21FO2S. The molecule has 1 aromatic carbocycles. The van der Waals surface area contributed by atoms with Crippen LogP contribution in [0, 0.1) is 25.1 Å². The lowest BCUT2D eigenvalue weighted by atomic mass is 9.94. The van der Waals surface area contributed by atoms with Crippen LogP contribution in [0.3, 0.4) is 0 Å². The SMILES string of the molecule is Cc1cc(F)cc(S(=O)(=O)CCC(C)(C)C)c1C. The molecule has 0 amide bonds. The molecule has 4 heteroatoms. The summed E-state index contributed by atoms with van der Waals surface area (Å²) in [5.41, 5.74) is 1.26. The number of sulfone groups is 1. The zero-order chi connectivity index (χ0) is 14.1. The van der Waals surface area contributed by atoms with E-state index in [2.05, 4.69) is 0 Å². The monoisotopic (exact) mass is 272 g/mol. The number of benzene rings is 1. The fraction of sp³-hybridized carbons (Fsp3) is 0.571. The molecule has 18 heavy (non-hydrogen) atoms. The molecular weight excluding hydrogens is 251 g/mol. The lowest BCUT2D eigenvalue weighted by Gasteiger charge is -2.18. The van der Waals surface area contributed by atoms with Crippen molar-refractivity contribution < 1.29 is 12.8 Å². The van der Waals surface area contributed by atoms with E-state index in [0.29, 0.717) is 17.5 Å². The molecule has 0 N–H and O–H groups in total. The maximum absolute atomic E-state index is 13.3. The van der Waals surface area contributed by atoms with Crippen LogP contribution < -0.4 is 0 Å². The van der Waals surface area contributed by atoms with E-state index >= 15 is 0 Å². The first kappa shape index (κ1) is 15.2. The number of halogens is 1. The minimum absolute atomic E-state index is 0.0522. The maximum atomic E-state index is 13.3. The normalized spacial score (nSPS) is 12.8. The Bertz CT molecular complexity index is 540. The smallest absolute Gasteiger partial charge is 0.178 e. The van der Waals surface area contributed by atoms with Crippen molar-refractivity contribution in [3.05, 3.63) is 29.1 Å². The van der Waals surface area contributed by atoms with Gasteiger partial charge in [0.2, 0.25) is 0 Å². The van der Waals surface area contributed by atoms with Crippen molar-refractivity contribution in [1.82, 2.24) is 0 Å². The molecule has 0 saturated heterocycles. The second-order valence-corrected chi connectivity index (χ2v) is 8.05. The standard InChI is InChI=1S/C14H21FO2S/c1-10-8-12(15)9-13(11(10)2)18(16,17)7-6-14(3,4)5/h8-9H,6-7H2,1-5H3. The van der Waals surface area contributed by atoms with Gasteiger partial charge in [-0.25, -0.2) is 12.8 Å². The van der Waals surface area contributed by atoms with Gasteiger partial charge < -0.3 is 0 Å². The van der Waals surface area contributed by atoms with Crippen molar-refractivity contribution in [2.45, 2.75) is 45.9 Å². The van der Waals surface area contributed by atoms with Crippen molar-refractivity contribution >= 4 is 9.84 Å². The summed E-state index contributed by atoms with van der Waals surface area (Å²) in [5, 5.41) is 0. The Morgan fingerprint density at radius 3 is 2.22 bits per heavy atom. The summed E-state index contributed by atoms with van der Waals surface area (Å²) in [6.07, 6.45) is 0.560. The lowest BCUT2D eigenvalue weighted by molar-refractivity contribution is 0.397. The van der Waals surface area contributed by atoms with Crippen molar-refractivity contribution in [3.63, 3.8) is 0 Å². The van der Waals surface area contributed by atoms with Crippen LogP contribution in [0.25, 0.3) is 0 Å². The van der Waals surface area contributed by atoms with Crippen LogP contribution >= 0.6 is 0 Å². The Kier molecular flexibility index (Phi) is 4.21. The van der Waals surface area contributed by atoms with Crippen LogP contribution in [0.5, 0.6) is 0 Å². The maximum Gasteiger partial charge on any atom is 0.178 e. The van der Waals surface area contributed by atoms with Crippen molar-refractivity contribution in [2.75, 3.05) is 5.75 Å². The molecule has 0 aliphatic rings. The first-order valence-corrected chi connectivity index (χ1v) is 7.68. The highest BCUT2D eigenvalue weighted by molar-refractivity contribution is 7.91. The second-order valence-electron chi connectivity index (χ2n) is 5.98. The molecule has 0 radical (unpaired) electrons. The first-order valence-electron chi connectivity index (χ1n) is 6.02. The molecule has 1 aromatic rings. The van der Waals surface area contributed by atoms with Gasteiger partial charge in [0, 0.05) is 0 Å². The van der Waals surface area contributed by atoms with Gasteiger partial charge in [-0.3, -0.25) is 0 Å². The average molecular weight is 272 g/mol. The zero-order valence-electron chi connectivity index (χ0n) is 11.7. The zero-order valence-corrected chi connectivity index (χ0v) is 12.5. The number of aryl methyl sites for hydroxylation is 1. The van der Waals surface area contributed by atoms with E-state index in [1.54, 1.807) is 13.8 Å². The predicted octanol–water partition coefficient (Wildman–Crippen LogP) is 3.65. The summed E-state index contributed by atoms with van der Waals surface area (Å²) in [6, 6.07) is 2.48. The topological polar surface area (TPSA) is 34.1 Å². The third-order valence-electron chi connectivity index (χ3n) is 3.04. The Labute approximate surface area is 109 Å². The lowest BCUT2D eigenvalue weighted by Crippen LogP contribution is -2.16. The second kappa shape index (κ2) is 5.00. The molecule has 1 rings (SSSR count). The van der Waals surface area contributed by atoms with E-state index in [1.165, 1.54) is 6.07 Å². The van der Waals surface area contributed by atoms with Crippen LogP contribution in [0.1, 0.15) is 38.3 Å². The van der Waals surface area contributed by atoms with Gasteiger partial charge in [-0.05, 0) is 48.9 Å². The summed E-state index contributed by atoms with van der Waals surface area (Å²) in [7, 11) is -3.41. The summed E-state index contributed by atoms with van der Waals surface area (Å²) in [6.45, 7) is 9.42. The molecule has 0 bridgehead atoms. The van der Waals surface area contributed by atoms with E-state index in [4.69, 9.17) is 0 Å². The van der Waals surface area contributed by atoms with Crippen LogP contribution in [-0.4, -0.2) is 14.2 Å². The minimum Gasteiger partial charge on any atom is -0.224 e. The van der Waals surface area contributed by atoms with Crippen molar-refractivity contribution in [3.8, 4) is 0 Å². The van der Waals surface area contributed by atoms with Crippen LogP contribution in [0.4, 0.5) is 4.39 Å². The molecule has 0 aromatic heterocycles. The third-order valence-corrected chi connectivity index (χ3v) is 4.88. The molecule has 0 unspecified atom stereocenters. The fourth-order valence-corrected chi connectivity index (χ4v) is 3.68. The van der Waals surface area contributed by atoms with E-state index in [1.807, 2.05) is 20.8 Å². The van der Waals surface area contributed by atoms with Gasteiger partial charge in [0.15, 0.2) is 9.84 Å². The highest BCUT2D eigenvalue weighted by atomic mass is 32.2. The highest BCUT2D eigenvalue weighted by Gasteiger charge is 2.22. The van der Waals surface area contributed by atoms with Crippen molar-refractivity contribution in [2.24, 2.45) is 5.41 Å². The van der Waals surface area contributed by atoms with Gasteiger partial charge in [-0.2, -0.15) is 0 Å². The average Bonchev–Trinajstić information content (AvgIpc) is 2.19. The predicted molar refractivity (Wildman–Crippen MR) is 72.0 cm³/mol.